The number of carbonyl (C=O) groups is 1. The highest BCUT2D eigenvalue weighted by molar-refractivity contribution is 6.04. The molecule has 1 heterocycles. The zero-order valence-electron chi connectivity index (χ0n) is 22.8. The van der Waals surface area contributed by atoms with Gasteiger partial charge in [-0.25, -0.2) is 4.79 Å². The van der Waals surface area contributed by atoms with Crippen LogP contribution in [0.25, 0.3) is 11.1 Å². The summed E-state index contributed by atoms with van der Waals surface area (Å²) in [5, 5.41) is 9.84. The van der Waals surface area contributed by atoms with E-state index in [1.807, 2.05) is 36.4 Å². The van der Waals surface area contributed by atoms with Crippen LogP contribution in [0.1, 0.15) is 37.8 Å². The van der Waals surface area contributed by atoms with Crippen molar-refractivity contribution < 1.29 is 19.4 Å². The lowest BCUT2D eigenvalue weighted by Gasteiger charge is -2.26. The maximum Gasteiger partial charge on any atom is 0.348 e. The van der Waals surface area contributed by atoms with E-state index in [0.717, 1.165) is 29.0 Å². The predicted molar refractivity (Wildman–Crippen MR) is 159 cm³/mol. The Morgan fingerprint density at radius 3 is 2.02 bits per heavy atom. The Labute approximate surface area is 235 Å². The average Bonchev–Trinajstić information content (AvgIpc) is 3.35. The van der Waals surface area contributed by atoms with E-state index in [4.69, 9.17) is 14.5 Å². The topological polar surface area (TPSA) is 68.1 Å². The van der Waals surface area contributed by atoms with Gasteiger partial charge >= 0.3 is 5.97 Å². The van der Waals surface area contributed by atoms with E-state index in [-0.39, 0.29) is 6.42 Å². The second-order valence-corrected chi connectivity index (χ2v) is 10.3. The first-order chi connectivity index (χ1) is 19.4. The number of nitrogens with zero attached hydrogens (tertiary/aromatic N) is 1. The van der Waals surface area contributed by atoms with Crippen molar-refractivity contribution in [3.63, 3.8) is 0 Å². The van der Waals surface area contributed by atoms with Gasteiger partial charge < -0.3 is 14.6 Å². The fraction of sp³-hybridized carbons (Fsp3) is 0.200. The van der Waals surface area contributed by atoms with E-state index in [9.17, 15) is 9.90 Å². The van der Waals surface area contributed by atoms with Gasteiger partial charge in [0.25, 0.3) is 0 Å². The fourth-order valence-electron chi connectivity index (χ4n) is 4.84. The van der Waals surface area contributed by atoms with Crippen LogP contribution in [0.3, 0.4) is 0 Å². The van der Waals surface area contributed by atoms with Crippen molar-refractivity contribution in [1.82, 2.24) is 0 Å². The third-order valence-corrected chi connectivity index (χ3v) is 7.13. The Morgan fingerprint density at radius 1 is 0.800 bits per heavy atom. The molecule has 4 aromatic rings. The van der Waals surface area contributed by atoms with Gasteiger partial charge in [-0.05, 0) is 65.9 Å². The quantitative estimate of drug-likeness (QED) is 0.215. The summed E-state index contributed by atoms with van der Waals surface area (Å²) in [6, 6.07) is 35.5. The van der Waals surface area contributed by atoms with Gasteiger partial charge in [0.05, 0.1) is 12.3 Å². The van der Waals surface area contributed by atoms with Crippen LogP contribution >= 0.6 is 0 Å². The van der Waals surface area contributed by atoms with Gasteiger partial charge in [0.2, 0.25) is 5.60 Å². The third-order valence-electron chi connectivity index (χ3n) is 7.13. The molecule has 0 radical (unpaired) electrons. The van der Waals surface area contributed by atoms with Crippen molar-refractivity contribution in [3.05, 3.63) is 132 Å². The van der Waals surface area contributed by atoms with Crippen molar-refractivity contribution in [2.75, 3.05) is 6.61 Å². The molecule has 1 aliphatic rings. The molecule has 4 aromatic carbocycles. The number of hydrogen-bond acceptors (Lipinski definition) is 4. The molecule has 0 fully saturated rings. The number of carboxylic acid groups (broad SMARTS) is 1. The lowest BCUT2D eigenvalue weighted by molar-refractivity contribution is -0.153. The van der Waals surface area contributed by atoms with Gasteiger partial charge in [-0.2, -0.15) is 0 Å². The maximum atomic E-state index is 12.0. The Balaban J connectivity index is 1.15. The molecule has 202 valence electrons. The normalized spacial score (nSPS) is 14.4. The summed E-state index contributed by atoms with van der Waals surface area (Å²) in [7, 11) is 0. The molecule has 1 aliphatic heterocycles. The molecular weight excluding hydrogens is 498 g/mol. The van der Waals surface area contributed by atoms with Crippen LogP contribution in [0, 0.1) is 0 Å². The highest BCUT2D eigenvalue weighted by Crippen LogP contribution is 2.28. The van der Waals surface area contributed by atoms with E-state index < -0.39 is 11.6 Å². The van der Waals surface area contributed by atoms with Gasteiger partial charge in [0.15, 0.2) is 0 Å². The zero-order valence-corrected chi connectivity index (χ0v) is 22.8. The second kappa shape index (κ2) is 12.0. The van der Waals surface area contributed by atoms with Gasteiger partial charge in [-0.1, -0.05) is 84.9 Å². The zero-order chi connectivity index (χ0) is 28.0. The van der Waals surface area contributed by atoms with Crippen LogP contribution in [-0.4, -0.2) is 29.0 Å². The van der Waals surface area contributed by atoms with Gasteiger partial charge in [-0.3, -0.25) is 4.99 Å². The van der Waals surface area contributed by atoms with Gasteiger partial charge in [0.1, 0.15) is 11.5 Å². The summed E-state index contributed by atoms with van der Waals surface area (Å²) in [5.41, 5.74) is 6.49. The van der Waals surface area contributed by atoms with Crippen LogP contribution in [0.4, 0.5) is 0 Å². The van der Waals surface area contributed by atoms with E-state index in [0.29, 0.717) is 24.5 Å². The van der Waals surface area contributed by atoms with Crippen molar-refractivity contribution >= 4 is 11.7 Å². The predicted octanol–water partition coefficient (Wildman–Crippen LogP) is 7.75. The molecule has 1 atom stereocenters. The molecule has 5 rings (SSSR count). The van der Waals surface area contributed by atoms with E-state index in [1.54, 1.807) is 31.2 Å². The molecule has 40 heavy (non-hydrogen) atoms. The molecule has 0 aliphatic carbocycles. The van der Waals surface area contributed by atoms with E-state index >= 15 is 0 Å². The lowest BCUT2D eigenvalue weighted by Crippen LogP contribution is -2.43. The second-order valence-electron chi connectivity index (χ2n) is 10.3. The van der Waals surface area contributed by atoms with E-state index in [1.165, 1.54) is 16.7 Å². The number of benzene rings is 4. The van der Waals surface area contributed by atoms with Gasteiger partial charge in [0, 0.05) is 25.0 Å². The number of ether oxygens (including phenoxy) is 2. The first-order valence-electron chi connectivity index (χ1n) is 13.5. The molecule has 1 unspecified atom stereocenters. The van der Waals surface area contributed by atoms with Crippen LogP contribution in [0.2, 0.25) is 0 Å². The SMILES string of the molecule is CC1=C(CCOc2ccc(OC(C)(Cc3ccccc3)C(=O)O)cc2)N=C(c2ccc(-c3ccccc3)cc2)C1. The number of allylic oxidation sites excluding steroid dienone is 1. The number of carboxylic acids is 1. The van der Waals surface area contributed by atoms with Crippen molar-refractivity contribution in [3.8, 4) is 22.6 Å². The number of hydrogen-bond donors (Lipinski definition) is 1. The molecule has 0 saturated carbocycles. The molecule has 0 aromatic heterocycles. The highest BCUT2D eigenvalue weighted by atomic mass is 16.5. The molecule has 0 bridgehead atoms. The number of rotatable bonds is 11. The fourth-order valence-corrected chi connectivity index (χ4v) is 4.84. The lowest BCUT2D eigenvalue weighted by atomic mass is 9.96. The average molecular weight is 532 g/mol. The summed E-state index contributed by atoms with van der Waals surface area (Å²) in [6.45, 7) is 4.22. The van der Waals surface area contributed by atoms with Crippen LogP contribution in [0.5, 0.6) is 11.5 Å². The number of aliphatic imine (C=N–C) groups is 1. The minimum Gasteiger partial charge on any atom is -0.493 e. The molecular formula is C35H33NO4. The molecule has 0 amide bonds. The van der Waals surface area contributed by atoms with Crippen molar-refractivity contribution in [2.45, 2.75) is 38.7 Å². The summed E-state index contributed by atoms with van der Waals surface area (Å²) < 4.78 is 11.9. The summed E-state index contributed by atoms with van der Waals surface area (Å²) >= 11 is 0. The highest BCUT2D eigenvalue weighted by Gasteiger charge is 2.36. The Kier molecular flexibility index (Phi) is 8.11. The third kappa shape index (κ3) is 6.49. The van der Waals surface area contributed by atoms with Crippen LogP contribution in [0.15, 0.2) is 125 Å². The van der Waals surface area contributed by atoms with Crippen LogP contribution < -0.4 is 9.47 Å². The number of aliphatic carboxylic acids is 1. The minimum absolute atomic E-state index is 0.259. The molecule has 0 saturated heterocycles. The molecule has 0 spiro atoms. The monoisotopic (exact) mass is 531 g/mol. The smallest absolute Gasteiger partial charge is 0.348 e. The van der Waals surface area contributed by atoms with Crippen LogP contribution in [-0.2, 0) is 11.2 Å². The van der Waals surface area contributed by atoms with Crippen molar-refractivity contribution in [2.24, 2.45) is 4.99 Å². The van der Waals surface area contributed by atoms with E-state index in [2.05, 4.69) is 55.5 Å². The van der Waals surface area contributed by atoms with Gasteiger partial charge in [-0.15, -0.1) is 0 Å². The minimum atomic E-state index is -1.38. The Bertz CT molecular complexity index is 1510. The van der Waals surface area contributed by atoms with Crippen molar-refractivity contribution in [1.29, 1.82) is 0 Å². The first kappa shape index (κ1) is 26.9. The largest absolute Gasteiger partial charge is 0.493 e. The molecule has 5 nitrogen and oxygen atoms in total. The molecule has 5 heteroatoms. The standard InChI is InChI=1S/C35H33NO4/c1-25-23-33(29-15-13-28(14-16-29)27-11-7-4-8-12-27)36-32(25)21-22-39-30-17-19-31(20-18-30)40-35(2,34(37)38)24-26-9-5-3-6-10-26/h3-20H,21-24H2,1-2H3,(H,37,38). The Morgan fingerprint density at radius 2 is 1.38 bits per heavy atom. The Hall–Kier alpha value is -4.64. The first-order valence-corrected chi connectivity index (χ1v) is 13.5. The summed E-state index contributed by atoms with van der Waals surface area (Å²) in [5.74, 6) is 0.170. The maximum absolute atomic E-state index is 12.0. The molecule has 1 N–H and O–H groups in total. The summed E-state index contributed by atoms with van der Waals surface area (Å²) in [6.07, 6.45) is 1.82. The summed E-state index contributed by atoms with van der Waals surface area (Å²) in [4.78, 5) is 16.9.